The second-order valence-electron chi connectivity index (χ2n) is 23.5. The van der Waals surface area contributed by atoms with Crippen molar-refractivity contribution in [3.8, 4) is 27.6 Å². The molecule has 4 amide bonds. The third-order valence-corrected chi connectivity index (χ3v) is 19.4. The molecule has 4 aromatic carbocycles. The van der Waals surface area contributed by atoms with E-state index in [4.69, 9.17) is 26.1 Å². The maximum absolute atomic E-state index is 14.2. The Hall–Kier alpha value is -7.69. The SMILES string of the molecule is COC(=O)c1nc(N2CCc3cccc(C(=O)Nc4nc5ccccc5s4)c3C2)sc1CCCOc1ccc(-c2ncc(CCCCCCCC(=O)N[C@H](C(=O)N3C[C@H](O)C[C@H]3C(=O)N[C@@H](C)c3ccc(-c4scnc4C)cc3)C(C)(C)C)cn2)cc1Cl. The molecule has 0 radical (unpaired) electrons. The van der Waals surface area contributed by atoms with Gasteiger partial charge in [0.1, 0.15) is 17.8 Å². The molecule has 22 heteroatoms. The molecule has 0 unspecified atom stereocenters. The number of thiazole rings is 3. The van der Waals surface area contributed by atoms with Gasteiger partial charge in [-0.15, -0.1) is 22.7 Å². The number of likely N-dealkylation sites (tertiary alicyclic amines) is 1. The van der Waals surface area contributed by atoms with Gasteiger partial charge >= 0.3 is 5.97 Å². The Labute approximate surface area is 529 Å². The largest absolute Gasteiger partial charge is 0.492 e. The number of amides is 4. The summed E-state index contributed by atoms with van der Waals surface area (Å²) in [6.45, 7) is 11.0. The number of nitrogens with zero attached hydrogens (tertiary/aromatic N) is 7. The van der Waals surface area contributed by atoms with Crippen molar-refractivity contribution in [1.82, 2.24) is 40.5 Å². The van der Waals surface area contributed by atoms with Crippen molar-refractivity contribution in [2.75, 3.05) is 37.0 Å². The number of benzene rings is 4. The van der Waals surface area contributed by atoms with Crippen LogP contribution in [0.5, 0.6) is 5.75 Å². The standard InChI is InChI=1S/C66H73ClN10O8S3/c1-39(42-23-25-44(26-24-42)57-40(2)70-38-86-57)71-61(81)51-33-46(78)36-77(51)62(82)58(66(3,4)5)73-55(79)22-11-9-7-8-10-16-41-34-68-59(69-35-41)45-27-28-52(49(67)32-45)85-31-15-21-54-56(63(83)84-6)74-65(88-54)76-30-29-43-17-14-18-47(48(43)37-76)60(80)75-64-72-50-19-12-13-20-53(50)87-64/h12-14,17-20,23-28,32,34-35,38-39,46,51,58,78H,7-11,15-16,21-22,29-31,33,36-37H2,1-6H3,(H,71,81)(H,73,79)(H,72,75,80)/t39-,46+,51-,58+/m0/s1. The van der Waals surface area contributed by atoms with Crippen molar-refractivity contribution in [1.29, 1.82) is 0 Å². The quantitative estimate of drug-likeness (QED) is 0.0326. The lowest BCUT2D eigenvalue weighted by atomic mass is 9.85. The minimum Gasteiger partial charge on any atom is -0.492 e. The lowest BCUT2D eigenvalue weighted by Gasteiger charge is -2.35. The molecule has 4 aromatic heterocycles. The van der Waals surface area contributed by atoms with Gasteiger partial charge < -0.3 is 35.0 Å². The highest BCUT2D eigenvalue weighted by atomic mass is 35.5. The summed E-state index contributed by atoms with van der Waals surface area (Å²) in [4.78, 5) is 96.3. The number of aliphatic hydroxyl groups is 1. The summed E-state index contributed by atoms with van der Waals surface area (Å²) in [5.74, 6) is -0.630. The van der Waals surface area contributed by atoms with Gasteiger partial charge in [-0.2, -0.15) is 0 Å². The molecule has 88 heavy (non-hydrogen) atoms. The minimum atomic E-state index is -0.886. The molecule has 4 N–H and O–H groups in total. The molecule has 10 rings (SSSR count). The first-order valence-corrected chi connectivity index (χ1v) is 32.7. The normalized spacial score (nSPS) is 15.6. The predicted octanol–water partition coefficient (Wildman–Crippen LogP) is 12.2. The number of β-amino-alcohol motifs (C(OH)–C–C–N with tert-alkyl or cyclic N) is 1. The van der Waals surface area contributed by atoms with Crippen LogP contribution in [0.4, 0.5) is 10.3 Å². The second kappa shape index (κ2) is 28.6. The first-order valence-electron chi connectivity index (χ1n) is 29.8. The Morgan fingerprint density at radius 3 is 2.35 bits per heavy atom. The molecule has 4 atom stereocenters. The number of nitrogens with one attached hydrogen (secondary N) is 3. The molecule has 0 saturated carbocycles. The summed E-state index contributed by atoms with van der Waals surface area (Å²) >= 11 is 11.2. The van der Waals surface area contributed by atoms with Crippen LogP contribution in [0.2, 0.25) is 5.02 Å². The summed E-state index contributed by atoms with van der Waals surface area (Å²) in [5.41, 5.74) is 9.56. The number of aliphatic hydroxyl groups excluding tert-OH is 1. The van der Waals surface area contributed by atoms with E-state index in [2.05, 4.69) is 46.9 Å². The van der Waals surface area contributed by atoms with Crippen LogP contribution in [0.3, 0.4) is 0 Å². The topological polar surface area (TPSA) is 231 Å². The van der Waals surface area contributed by atoms with Crippen LogP contribution in [-0.2, 0) is 44.9 Å². The van der Waals surface area contributed by atoms with Crippen LogP contribution < -0.4 is 25.6 Å². The van der Waals surface area contributed by atoms with Crippen LogP contribution in [0, 0.1) is 12.3 Å². The lowest BCUT2D eigenvalue weighted by molar-refractivity contribution is -0.144. The molecule has 1 fully saturated rings. The maximum atomic E-state index is 14.2. The number of para-hydroxylation sites is 1. The van der Waals surface area contributed by atoms with Gasteiger partial charge in [0.25, 0.3) is 5.91 Å². The number of carbonyl (C=O) groups excluding carboxylic acids is 5. The van der Waals surface area contributed by atoms with Crippen molar-refractivity contribution in [3.63, 3.8) is 0 Å². The predicted molar refractivity (Wildman–Crippen MR) is 346 cm³/mol. The number of fused-ring (bicyclic) bond motifs is 2. The number of anilines is 2. The number of hydrogen-bond acceptors (Lipinski definition) is 17. The Bertz CT molecular complexity index is 3760. The van der Waals surface area contributed by atoms with Gasteiger partial charge in [-0.25, -0.2) is 29.7 Å². The number of aryl methyl sites for hydroxylation is 3. The number of methoxy groups -OCH3 is 1. The van der Waals surface area contributed by atoms with Gasteiger partial charge in [0.15, 0.2) is 21.8 Å². The molecule has 0 aliphatic carbocycles. The van der Waals surface area contributed by atoms with Crippen LogP contribution in [0.1, 0.15) is 139 Å². The fourth-order valence-corrected chi connectivity index (χ4v) is 14.2. The number of rotatable bonds is 24. The summed E-state index contributed by atoms with van der Waals surface area (Å²) in [7, 11) is 1.35. The molecule has 460 valence electrons. The number of aromatic nitrogens is 5. The van der Waals surface area contributed by atoms with Crippen molar-refractivity contribution >= 4 is 95.7 Å². The zero-order chi connectivity index (χ0) is 62.1. The van der Waals surface area contributed by atoms with Gasteiger partial charge in [-0.1, -0.05) is 112 Å². The van der Waals surface area contributed by atoms with Gasteiger partial charge in [0, 0.05) is 60.9 Å². The summed E-state index contributed by atoms with van der Waals surface area (Å²) in [6.07, 6.45) is 10.1. The van der Waals surface area contributed by atoms with E-state index in [-0.39, 0.29) is 54.8 Å². The Balaban J connectivity index is 0.636. The Morgan fingerprint density at radius 1 is 0.852 bits per heavy atom. The molecule has 2 aliphatic rings. The monoisotopic (exact) mass is 1260 g/mol. The van der Waals surface area contributed by atoms with Crippen molar-refractivity contribution < 1.29 is 38.6 Å². The molecular weight excluding hydrogens is 1190 g/mol. The van der Waals surface area contributed by atoms with Crippen molar-refractivity contribution in [2.24, 2.45) is 5.41 Å². The maximum Gasteiger partial charge on any atom is 0.357 e. The molecular formula is C66H73ClN10O8S3. The molecule has 0 bridgehead atoms. The number of halogens is 1. The van der Waals surface area contributed by atoms with Crippen LogP contribution in [0.25, 0.3) is 32.0 Å². The molecule has 6 heterocycles. The third kappa shape index (κ3) is 15.4. The van der Waals surface area contributed by atoms with Crippen molar-refractivity contribution in [3.05, 3.63) is 152 Å². The first-order chi connectivity index (χ1) is 42.4. The van der Waals surface area contributed by atoms with E-state index >= 15 is 0 Å². The van der Waals surface area contributed by atoms with Gasteiger partial charge in [-0.3, -0.25) is 24.5 Å². The molecule has 18 nitrogen and oxygen atoms in total. The van der Waals surface area contributed by atoms with Crippen LogP contribution >= 0.6 is 45.6 Å². The highest BCUT2D eigenvalue weighted by Crippen LogP contribution is 2.36. The van der Waals surface area contributed by atoms with Gasteiger partial charge in [-0.05, 0) is 122 Å². The molecule has 1 saturated heterocycles. The smallest absolute Gasteiger partial charge is 0.357 e. The number of carbonyl (C=O) groups is 5. The summed E-state index contributed by atoms with van der Waals surface area (Å²) < 4.78 is 12.3. The number of esters is 1. The highest BCUT2D eigenvalue weighted by molar-refractivity contribution is 7.22. The molecule has 8 aromatic rings. The van der Waals surface area contributed by atoms with E-state index in [1.54, 1.807) is 23.5 Å². The van der Waals surface area contributed by atoms with Gasteiger partial charge in [0.05, 0.1) is 57.2 Å². The summed E-state index contributed by atoms with van der Waals surface area (Å²) in [6, 6.07) is 24.9. The van der Waals surface area contributed by atoms with Crippen molar-refractivity contribution in [2.45, 2.75) is 136 Å². The first kappa shape index (κ1) is 63.3. The van der Waals surface area contributed by atoms with E-state index < -0.39 is 29.6 Å². The zero-order valence-corrected chi connectivity index (χ0v) is 53.5. The number of hydrogen-bond donors (Lipinski definition) is 4. The molecule has 2 aliphatic heterocycles. The van der Waals surface area contributed by atoms with Crippen LogP contribution in [0.15, 0.2) is 103 Å². The second-order valence-corrected chi connectivity index (χ2v) is 26.8. The molecule has 0 spiro atoms. The van der Waals surface area contributed by atoms with E-state index in [9.17, 15) is 29.1 Å². The van der Waals surface area contributed by atoms with E-state index in [0.717, 1.165) is 91.1 Å². The Kier molecular flexibility index (Phi) is 20.6. The fourth-order valence-electron chi connectivity index (χ4n) is 11.1. The van der Waals surface area contributed by atoms with E-state index in [1.807, 2.05) is 119 Å². The third-order valence-electron chi connectivity index (χ3n) is 16.0. The number of unbranched alkanes of at least 4 members (excludes halogenated alkanes) is 4. The van der Waals surface area contributed by atoms with E-state index in [0.29, 0.717) is 77.8 Å². The Morgan fingerprint density at radius 2 is 1.61 bits per heavy atom. The lowest BCUT2D eigenvalue weighted by Crippen LogP contribution is -2.57. The van der Waals surface area contributed by atoms with Gasteiger partial charge in [0.2, 0.25) is 17.7 Å². The number of ether oxygens (including phenoxy) is 2. The summed E-state index contributed by atoms with van der Waals surface area (Å²) in [5, 5.41) is 21.4. The van der Waals surface area contributed by atoms with Crippen LogP contribution in [-0.4, -0.2) is 110 Å². The minimum absolute atomic E-state index is 0.00904. The fraction of sp³-hybridized carbons (Fsp3) is 0.394. The average molecular weight is 1270 g/mol. The average Bonchev–Trinajstić information content (AvgIpc) is 2.18. The van der Waals surface area contributed by atoms with E-state index in [1.165, 1.54) is 34.7 Å². The zero-order valence-electron chi connectivity index (χ0n) is 50.3. The highest BCUT2D eigenvalue weighted by Gasteiger charge is 2.45.